The molecule has 1 aliphatic carbocycles. The molecule has 120 valence electrons. The van der Waals surface area contributed by atoms with Crippen molar-refractivity contribution < 1.29 is 8.42 Å². The predicted octanol–water partition coefficient (Wildman–Crippen LogP) is 2.85. The van der Waals surface area contributed by atoms with E-state index in [4.69, 9.17) is 0 Å². The summed E-state index contributed by atoms with van der Waals surface area (Å²) in [6, 6.07) is 4.45. The summed E-state index contributed by atoms with van der Waals surface area (Å²) in [5, 5.41) is 3.46. The van der Waals surface area contributed by atoms with E-state index in [2.05, 4.69) is 12.2 Å². The van der Waals surface area contributed by atoms with E-state index in [0.717, 1.165) is 30.7 Å². The van der Waals surface area contributed by atoms with Crippen molar-refractivity contribution in [2.45, 2.75) is 62.2 Å². The fraction of sp³-hybridized carbons (Fsp3) is 0.733. The molecule has 1 aliphatic rings. The Morgan fingerprint density at radius 1 is 1.43 bits per heavy atom. The molecule has 0 radical (unpaired) electrons. The molecule has 1 unspecified atom stereocenters. The summed E-state index contributed by atoms with van der Waals surface area (Å²) in [5.74, 6) is 0. The van der Waals surface area contributed by atoms with Gasteiger partial charge in [-0.2, -0.15) is 4.31 Å². The van der Waals surface area contributed by atoms with Crippen LogP contribution in [0.4, 0.5) is 0 Å². The van der Waals surface area contributed by atoms with E-state index in [0.29, 0.717) is 10.3 Å². The van der Waals surface area contributed by atoms with Crippen LogP contribution in [0.2, 0.25) is 0 Å². The van der Waals surface area contributed by atoms with Crippen molar-refractivity contribution in [3.8, 4) is 0 Å². The molecule has 4 nitrogen and oxygen atoms in total. The zero-order valence-corrected chi connectivity index (χ0v) is 14.8. The van der Waals surface area contributed by atoms with Crippen LogP contribution in [0.5, 0.6) is 0 Å². The lowest BCUT2D eigenvalue weighted by atomic mass is 10.2. The molecule has 1 aromatic heterocycles. The fourth-order valence-electron chi connectivity index (χ4n) is 2.30. The quantitative estimate of drug-likeness (QED) is 0.757. The second-order valence-electron chi connectivity index (χ2n) is 5.86. The van der Waals surface area contributed by atoms with Crippen LogP contribution in [0.1, 0.15) is 44.4 Å². The molecule has 21 heavy (non-hydrogen) atoms. The maximum absolute atomic E-state index is 12.6. The van der Waals surface area contributed by atoms with Crippen LogP contribution in [0.3, 0.4) is 0 Å². The first-order valence-electron chi connectivity index (χ1n) is 7.75. The Morgan fingerprint density at radius 2 is 2.14 bits per heavy atom. The Balaban J connectivity index is 1.97. The summed E-state index contributed by atoms with van der Waals surface area (Å²) in [6.45, 7) is 4.98. The van der Waals surface area contributed by atoms with Crippen molar-refractivity contribution in [3.63, 3.8) is 0 Å². The first-order chi connectivity index (χ1) is 9.95. The highest BCUT2D eigenvalue weighted by molar-refractivity contribution is 7.91. The number of thiophene rings is 1. The van der Waals surface area contributed by atoms with Crippen LogP contribution in [0.25, 0.3) is 0 Å². The van der Waals surface area contributed by atoms with Crippen LogP contribution in [-0.4, -0.2) is 38.4 Å². The third-order valence-corrected chi connectivity index (χ3v) is 7.56. The molecule has 1 aromatic rings. The molecule has 1 N–H and O–H groups in total. The van der Waals surface area contributed by atoms with Gasteiger partial charge < -0.3 is 5.32 Å². The van der Waals surface area contributed by atoms with Gasteiger partial charge in [0.2, 0.25) is 0 Å². The highest BCUT2D eigenvalue weighted by Gasteiger charge is 2.26. The summed E-state index contributed by atoms with van der Waals surface area (Å²) in [4.78, 5) is 1.14. The fourth-order valence-corrected chi connectivity index (χ4v) is 5.23. The number of rotatable bonds is 9. The molecular formula is C15H26N2O2S2. The van der Waals surface area contributed by atoms with Gasteiger partial charge in [0, 0.05) is 30.6 Å². The molecule has 0 amide bonds. The number of hydrogen-bond acceptors (Lipinski definition) is 4. The Bertz CT molecular complexity index is 550. The number of nitrogens with zero attached hydrogens (tertiary/aromatic N) is 1. The maximum atomic E-state index is 12.6. The van der Waals surface area contributed by atoms with Gasteiger partial charge in [-0.05, 0) is 44.7 Å². The van der Waals surface area contributed by atoms with Crippen molar-refractivity contribution in [2.24, 2.45) is 0 Å². The highest BCUT2D eigenvalue weighted by atomic mass is 32.2. The molecule has 1 heterocycles. The second-order valence-corrected chi connectivity index (χ2v) is 9.25. The van der Waals surface area contributed by atoms with E-state index >= 15 is 0 Å². The predicted molar refractivity (Wildman–Crippen MR) is 88.4 cm³/mol. The Kier molecular flexibility index (Phi) is 5.82. The first kappa shape index (κ1) is 16.9. The molecule has 0 spiro atoms. The summed E-state index contributed by atoms with van der Waals surface area (Å²) >= 11 is 1.41. The number of sulfonamides is 1. The average molecular weight is 331 g/mol. The summed E-state index contributed by atoms with van der Waals surface area (Å²) in [7, 11) is -1.65. The van der Waals surface area contributed by atoms with Gasteiger partial charge in [0.25, 0.3) is 10.0 Å². The molecule has 1 saturated carbocycles. The number of nitrogens with one attached hydrogen (secondary N) is 1. The van der Waals surface area contributed by atoms with Gasteiger partial charge in [0.05, 0.1) is 0 Å². The van der Waals surface area contributed by atoms with Gasteiger partial charge in [-0.1, -0.05) is 13.3 Å². The number of hydrogen-bond donors (Lipinski definition) is 1. The minimum absolute atomic E-state index is 0.0436. The zero-order chi connectivity index (χ0) is 15.5. The van der Waals surface area contributed by atoms with Gasteiger partial charge >= 0.3 is 0 Å². The third-order valence-electron chi connectivity index (χ3n) is 3.98. The van der Waals surface area contributed by atoms with Crippen molar-refractivity contribution in [2.75, 3.05) is 13.6 Å². The minimum atomic E-state index is -3.34. The van der Waals surface area contributed by atoms with E-state index in [9.17, 15) is 8.42 Å². The molecular weight excluding hydrogens is 304 g/mol. The molecule has 2 rings (SSSR count). The summed E-state index contributed by atoms with van der Waals surface area (Å²) < 4.78 is 27.1. The standard InChI is InChI=1S/C15H26N2O2S2/c1-4-5-12(2)17(3)21(18,19)15-9-8-14(20-15)10-11-16-13-6-7-13/h8-9,12-13,16H,4-7,10-11H2,1-3H3. The van der Waals surface area contributed by atoms with E-state index in [1.807, 2.05) is 13.0 Å². The smallest absolute Gasteiger partial charge is 0.252 e. The van der Waals surface area contributed by atoms with E-state index in [1.54, 1.807) is 13.1 Å². The summed E-state index contributed by atoms with van der Waals surface area (Å²) in [5.41, 5.74) is 0. The van der Waals surface area contributed by atoms with Crippen molar-refractivity contribution >= 4 is 21.4 Å². The lowest BCUT2D eigenvalue weighted by molar-refractivity contribution is 0.369. The third kappa shape index (κ3) is 4.52. The lowest BCUT2D eigenvalue weighted by Gasteiger charge is -2.23. The molecule has 0 saturated heterocycles. The molecule has 0 aliphatic heterocycles. The van der Waals surface area contributed by atoms with Crippen LogP contribution in [-0.2, 0) is 16.4 Å². The monoisotopic (exact) mass is 330 g/mol. The first-order valence-corrected chi connectivity index (χ1v) is 10.0. The molecule has 1 fully saturated rings. The molecule has 6 heteroatoms. The van der Waals surface area contributed by atoms with Crippen LogP contribution >= 0.6 is 11.3 Å². The van der Waals surface area contributed by atoms with Gasteiger partial charge in [-0.3, -0.25) is 0 Å². The normalized spacial score (nSPS) is 17.3. The Morgan fingerprint density at radius 3 is 2.76 bits per heavy atom. The van der Waals surface area contributed by atoms with Crippen LogP contribution in [0.15, 0.2) is 16.3 Å². The van der Waals surface area contributed by atoms with Gasteiger partial charge in [-0.15, -0.1) is 11.3 Å². The molecule has 1 atom stereocenters. The van der Waals surface area contributed by atoms with E-state index in [-0.39, 0.29) is 6.04 Å². The summed E-state index contributed by atoms with van der Waals surface area (Å²) in [6.07, 6.45) is 5.35. The molecule has 0 aromatic carbocycles. The van der Waals surface area contributed by atoms with Gasteiger partial charge in [-0.25, -0.2) is 8.42 Å². The van der Waals surface area contributed by atoms with Crippen molar-refractivity contribution in [1.29, 1.82) is 0 Å². The largest absolute Gasteiger partial charge is 0.314 e. The van der Waals surface area contributed by atoms with Gasteiger partial charge in [0.15, 0.2) is 0 Å². The van der Waals surface area contributed by atoms with Crippen LogP contribution in [0, 0.1) is 0 Å². The lowest BCUT2D eigenvalue weighted by Crippen LogP contribution is -2.34. The van der Waals surface area contributed by atoms with Crippen molar-refractivity contribution in [1.82, 2.24) is 9.62 Å². The zero-order valence-electron chi connectivity index (χ0n) is 13.1. The van der Waals surface area contributed by atoms with E-state index < -0.39 is 10.0 Å². The van der Waals surface area contributed by atoms with E-state index in [1.165, 1.54) is 28.5 Å². The Labute approximate surface area is 132 Å². The van der Waals surface area contributed by atoms with Crippen molar-refractivity contribution in [3.05, 3.63) is 17.0 Å². The highest BCUT2D eigenvalue weighted by Crippen LogP contribution is 2.26. The minimum Gasteiger partial charge on any atom is -0.314 e. The topological polar surface area (TPSA) is 49.4 Å². The van der Waals surface area contributed by atoms with Gasteiger partial charge in [0.1, 0.15) is 4.21 Å². The molecule has 0 bridgehead atoms. The average Bonchev–Trinajstić information content (AvgIpc) is 3.13. The Hall–Kier alpha value is -0.430. The SMILES string of the molecule is CCCC(C)N(C)S(=O)(=O)c1ccc(CCNC2CC2)s1. The van der Waals surface area contributed by atoms with Crippen LogP contribution < -0.4 is 5.32 Å². The second kappa shape index (κ2) is 7.22. The maximum Gasteiger partial charge on any atom is 0.252 e.